The molecular weight excluding hydrogens is 276 g/mol. The molecule has 0 atom stereocenters. The number of nitrogens with two attached hydrogens (primary N) is 1. The minimum Gasteiger partial charge on any atom is -0.491 e. The van der Waals surface area contributed by atoms with Crippen LogP contribution in [0.5, 0.6) is 5.75 Å². The van der Waals surface area contributed by atoms with Crippen molar-refractivity contribution in [1.29, 1.82) is 0 Å². The standard InChI is InChI=1S/C15H15ClN2O2/c1-2-20-14-10(6-5-8-12(14)17)15(19)18-13-9-4-3-7-11(13)16/h3-9H,2,17H2,1H3,(H,18,19). The summed E-state index contributed by atoms with van der Waals surface area (Å²) < 4.78 is 5.44. The highest BCUT2D eigenvalue weighted by Crippen LogP contribution is 2.28. The van der Waals surface area contributed by atoms with Crippen LogP contribution in [0.25, 0.3) is 0 Å². The van der Waals surface area contributed by atoms with Gasteiger partial charge in [-0.2, -0.15) is 0 Å². The average molecular weight is 291 g/mol. The molecular formula is C15H15ClN2O2. The Balaban J connectivity index is 2.30. The number of benzene rings is 2. The highest BCUT2D eigenvalue weighted by atomic mass is 35.5. The number of nitrogen functional groups attached to an aromatic ring is 1. The van der Waals surface area contributed by atoms with Gasteiger partial charge in [0.05, 0.1) is 28.6 Å². The van der Waals surface area contributed by atoms with Gasteiger partial charge in [-0.1, -0.05) is 29.8 Å². The van der Waals surface area contributed by atoms with Crippen LogP contribution in [0.4, 0.5) is 11.4 Å². The number of carbonyl (C=O) groups is 1. The first-order chi connectivity index (χ1) is 9.63. The minimum atomic E-state index is -0.311. The highest BCUT2D eigenvalue weighted by molar-refractivity contribution is 6.33. The Kier molecular flexibility index (Phi) is 4.48. The molecule has 104 valence electrons. The molecule has 0 aliphatic heterocycles. The summed E-state index contributed by atoms with van der Waals surface area (Å²) in [5, 5.41) is 3.22. The van der Waals surface area contributed by atoms with Crippen molar-refractivity contribution in [2.75, 3.05) is 17.7 Å². The number of para-hydroxylation sites is 2. The molecule has 0 aliphatic carbocycles. The Bertz CT molecular complexity index is 629. The molecule has 3 N–H and O–H groups in total. The third-order valence-corrected chi connectivity index (χ3v) is 3.03. The monoisotopic (exact) mass is 290 g/mol. The highest BCUT2D eigenvalue weighted by Gasteiger charge is 2.15. The second-order valence-electron chi connectivity index (χ2n) is 4.09. The van der Waals surface area contributed by atoms with Gasteiger partial charge in [0.15, 0.2) is 5.75 Å². The fourth-order valence-electron chi connectivity index (χ4n) is 1.79. The van der Waals surface area contributed by atoms with E-state index in [2.05, 4.69) is 5.32 Å². The summed E-state index contributed by atoms with van der Waals surface area (Å²) in [5.74, 6) is 0.0772. The molecule has 2 aromatic carbocycles. The third-order valence-electron chi connectivity index (χ3n) is 2.70. The van der Waals surface area contributed by atoms with Gasteiger partial charge < -0.3 is 15.8 Å². The summed E-state index contributed by atoms with van der Waals surface area (Å²) in [6, 6.07) is 12.1. The van der Waals surface area contributed by atoms with Crippen LogP contribution < -0.4 is 15.8 Å². The van der Waals surface area contributed by atoms with Crippen molar-refractivity contribution in [3.63, 3.8) is 0 Å². The zero-order valence-electron chi connectivity index (χ0n) is 11.0. The van der Waals surface area contributed by atoms with Gasteiger partial charge in [0.2, 0.25) is 0 Å². The molecule has 0 unspecified atom stereocenters. The van der Waals surface area contributed by atoms with Crippen molar-refractivity contribution in [3.8, 4) is 5.75 Å². The smallest absolute Gasteiger partial charge is 0.259 e. The van der Waals surface area contributed by atoms with Crippen LogP contribution in [0, 0.1) is 0 Å². The normalized spacial score (nSPS) is 10.1. The number of anilines is 2. The van der Waals surface area contributed by atoms with E-state index in [0.29, 0.717) is 34.3 Å². The Hall–Kier alpha value is -2.20. The van der Waals surface area contributed by atoms with Crippen LogP contribution in [0.2, 0.25) is 5.02 Å². The molecule has 1 amide bonds. The number of ether oxygens (including phenoxy) is 1. The number of nitrogens with one attached hydrogen (secondary N) is 1. The summed E-state index contributed by atoms with van der Waals surface area (Å²) >= 11 is 6.02. The van der Waals surface area contributed by atoms with E-state index in [1.165, 1.54) is 0 Å². The van der Waals surface area contributed by atoms with E-state index in [9.17, 15) is 4.79 Å². The van der Waals surface area contributed by atoms with E-state index in [-0.39, 0.29) is 5.91 Å². The van der Waals surface area contributed by atoms with Gasteiger partial charge in [-0.3, -0.25) is 4.79 Å². The van der Waals surface area contributed by atoms with Gasteiger partial charge >= 0.3 is 0 Å². The molecule has 0 aromatic heterocycles. The first kappa shape index (κ1) is 14.2. The van der Waals surface area contributed by atoms with Crippen molar-refractivity contribution in [3.05, 3.63) is 53.1 Å². The molecule has 4 nitrogen and oxygen atoms in total. The zero-order chi connectivity index (χ0) is 14.5. The van der Waals surface area contributed by atoms with Crippen molar-refractivity contribution >= 4 is 28.9 Å². The van der Waals surface area contributed by atoms with E-state index in [0.717, 1.165) is 0 Å². The van der Waals surface area contributed by atoms with E-state index in [1.54, 1.807) is 42.5 Å². The van der Waals surface area contributed by atoms with Gasteiger partial charge in [0.1, 0.15) is 0 Å². The number of hydrogen-bond donors (Lipinski definition) is 2. The maximum Gasteiger partial charge on any atom is 0.259 e. The van der Waals surface area contributed by atoms with Gasteiger partial charge in [-0.05, 0) is 31.2 Å². The van der Waals surface area contributed by atoms with Crippen molar-refractivity contribution in [2.24, 2.45) is 0 Å². The van der Waals surface area contributed by atoms with E-state index in [1.807, 2.05) is 6.92 Å². The second-order valence-corrected chi connectivity index (χ2v) is 4.50. The fraction of sp³-hybridized carbons (Fsp3) is 0.133. The molecule has 0 spiro atoms. The van der Waals surface area contributed by atoms with Gasteiger partial charge in [0, 0.05) is 0 Å². The van der Waals surface area contributed by atoms with E-state index < -0.39 is 0 Å². The molecule has 0 radical (unpaired) electrons. The molecule has 0 heterocycles. The molecule has 0 saturated heterocycles. The summed E-state index contributed by atoms with van der Waals surface area (Å²) in [6.45, 7) is 2.27. The molecule has 0 bridgehead atoms. The first-order valence-electron chi connectivity index (χ1n) is 6.20. The number of halogens is 1. The first-order valence-corrected chi connectivity index (χ1v) is 6.58. The van der Waals surface area contributed by atoms with Gasteiger partial charge in [-0.25, -0.2) is 0 Å². The van der Waals surface area contributed by atoms with Crippen LogP contribution in [-0.2, 0) is 0 Å². The SMILES string of the molecule is CCOc1c(N)cccc1C(=O)Nc1ccccc1Cl. The molecule has 5 heteroatoms. The lowest BCUT2D eigenvalue weighted by molar-refractivity contribution is 0.102. The van der Waals surface area contributed by atoms with Crippen LogP contribution in [0.3, 0.4) is 0 Å². The summed E-state index contributed by atoms with van der Waals surface area (Å²) in [5.41, 5.74) is 7.19. The lowest BCUT2D eigenvalue weighted by Gasteiger charge is -2.13. The van der Waals surface area contributed by atoms with E-state index in [4.69, 9.17) is 22.1 Å². The van der Waals surface area contributed by atoms with Crippen LogP contribution in [-0.4, -0.2) is 12.5 Å². The molecule has 2 rings (SSSR count). The summed E-state index contributed by atoms with van der Waals surface area (Å²) in [6.07, 6.45) is 0. The number of hydrogen-bond acceptors (Lipinski definition) is 3. The number of rotatable bonds is 4. The second kappa shape index (κ2) is 6.30. The maximum absolute atomic E-state index is 12.3. The lowest BCUT2D eigenvalue weighted by Crippen LogP contribution is -2.14. The van der Waals surface area contributed by atoms with Crippen molar-refractivity contribution in [1.82, 2.24) is 0 Å². The van der Waals surface area contributed by atoms with Crippen molar-refractivity contribution < 1.29 is 9.53 Å². The maximum atomic E-state index is 12.3. The third kappa shape index (κ3) is 3.03. The number of carbonyl (C=O) groups excluding carboxylic acids is 1. The lowest BCUT2D eigenvalue weighted by atomic mass is 10.1. The van der Waals surface area contributed by atoms with Gasteiger partial charge in [0.25, 0.3) is 5.91 Å². The molecule has 0 aliphatic rings. The fourth-order valence-corrected chi connectivity index (χ4v) is 1.97. The van der Waals surface area contributed by atoms with Crippen LogP contribution >= 0.6 is 11.6 Å². The largest absolute Gasteiger partial charge is 0.491 e. The Morgan fingerprint density at radius 1 is 1.25 bits per heavy atom. The topological polar surface area (TPSA) is 64.3 Å². The number of amides is 1. The molecule has 20 heavy (non-hydrogen) atoms. The summed E-state index contributed by atoms with van der Waals surface area (Å²) in [7, 11) is 0. The zero-order valence-corrected chi connectivity index (χ0v) is 11.8. The molecule has 2 aromatic rings. The predicted molar refractivity (Wildman–Crippen MR) is 81.4 cm³/mol. The van der Waals surface area contributed by atoms with Crippen LogP contribution in [0.15, 0.2) is 42.5 Å². The minimum absolute atomic E-state index is 0.311. The Labute approximate surface area is 122 Å². The van der Waals surface area contributed by atoms with Gasteiger partial charge in [-0.15, -0.1) is 0 Å². The van der Waals surface area contributed by atoms with Crippen LogP contribution in [0.1, 0.15) is 17.3 Å². The van der Waals surface area contributed by atoms with E-state index >= 15 is 0 Å². The Morgan fingerprint density at radius 2 is 2.00 bits per heavy atom. The van der Waals surface area contributed by atoms with Crippen molar-refractivity contribution in [2.45, 2.75) is 6.92 Å². The molecule has 0 saturated carbocycles. The predicted octanol–water partition coefficient (Wildman–Crippen LogP) is 3.57. The Morgan fingerprint density at radius 3 is 2.70 bits per heavy atom. The molecule has 0 fully saturated rings. The quantitative estimate of drug-likeness (QED) is 0.846. The summed E-state index contributed by atoms with van der Waals surface area (Å²) in [4.78, 5) is 12.3. The average Bonchev–Trinajstić information content (AvgIpc) is 2.43.